The molecule has 0 aromatic heterocycles. The van der Waals surface area contributed by atoms with Crippen molar-refractivity contribution in [2.75, 3.05) is 18.7 Å². The summed E-state index contributed by atoms with van der Waals surface area (Å²) in [5, 5.41) is 21.4. The highest BCUT2D eigenvalue weighted by Crippen LogP contribution is 2.23. The van der Waals surface area contributed by atoms with Crippen LogP contribution in [0.5, 0.6) is 0 Å². The van der Waals surface area contributed by atoms with Crippen molar-refractivity contribution in [2.24, 2.45) is 10.3 Å². The van der Waals surface area contributed by atoms with Crippen molar-refractivity contribution in [3.63, 3.8) is 0 Å². The highest BCUT2D eigenvalue weighted by molar-refractivity contribution is 5.49. The number of para-hydroxylation sites is 1. The standard InChI is InChI=1S/C17H19N5O/c1-20(13-15-8-4-2-5-9-15)14-21-19-18-12-17(23)22(21)16-10-6-3-7-11-16/h2-12,23H,13-14H2,1H3. The van der Waals surface area contributed by atoms with E-state index in [0.717, 1.165) is 12.2 Å². The van der Waals surface area contributed by atoms with Gasteiger partial charge in [0.05, 0.1) is 5.69 Å². The molecular weight excluding hydrogens is 290 g/mol. The van der Waals surface area contributed by atoms with Crippen LogP contribution in [0.3, 0.4) is 0 Å². The first-order chi connectivity index (χ1) is 11.2. The van der Waals surface area contributed by atoms with Crippen LogP contribution in [0.2, 0.25) is 0 Å². The summed E-state index contributed by atoms with van der Waals surface area (Å²) in [6.45, 7) is 1.27. The van der Waals surface area contributed by atoms with E-state index in [1.165, 1.54) is 11.8 Å². The lowest BCUT2D eigenvalue weighted by Gasteiger charge is -2.35. The zero-order chi connectivity index (χ0) is 16.1. The quantitative estimate of drug-likeness (QED) is 0.918. The molecule has 0 atom stereocenters. The van der Waals surface area contributed by atoms with Gasteiger partial charge in [-0.1, -0.05) is 48.5 Å². The van der Waals surface area contributed by atoms with Gasteiger partial charge in [0, 0.05) is 6.54 Å². The molecule has 1 heterocycles. The number of aliphatic hydroxyl groups is 1. The van der Waals surface area contributed by atoms with E-state index in [9.17, 15) is 5.11 Å². The lowest BCUT2D eigenvalue weighted by molar-refractivity contribution is 0.116. The monoisotopic (exact) mass is 309 g/mol. The Morgan fingerprint density at radius 1 is 1.00 bits per heavy atom. The summed E-state index contributed by atoms with van der Waals surface area (Å²) in [6, 6.07) is 19.8. The Labute approximate surface area is 135 Å². The number of hydrogen-bond acceptors (Lipinski definition) is 6. The molecule has 1 N–H and O–H groups in total. The third kappa shape index (κ3) is 3.67. The average Bonchev–Trinajstić information content (AvgIpc) is 2.56. The maximum absolute atomic E-state index is 10.2. The topological polar surface area (TPSA) is 54.7 Å². The Balaban J connectivity index is 1.72. The van der Waals surface area contributed by atoms with E-state index < -0.39 is 0 Å². The van der Waals surface area contributed by atoms with Crippen molar-refractivity contribution < 1.29 is 5.11 Å². The average molecular weight is 309 g/mol. The van der Waals surface area contributed by atoms with E-state index in [1.54, 1.807) is 10.1 Å². The van der Waals surface area contributed by atoms with Crippen molar-refractivity contribution in [3.8, 4) is 0 Å². The van der Waals surface area contributed by atoms with Gasteiger partial charge in [0.25, 0.3) is 0 Å². The van der Waals surface area contributed by atoms with Crippen molar-refractivity contribution >= 4 is 5.69 Å². The summed E-state index contributed by atoms with van der Waals surface area (Å²) in [4.78, 5) is 2.10. The molecule has 0 amide bonds. The summed E-state index contributed by atoms with van der Waals surface area (Å²) >= 11 is 0. The Kier molecular flexibility index (Phi) is 4.54. The van der Waals surface area contributed by atoms with Crippen LogP contribution in [0.4, 0.5) is 5.69 Å². The molecule has 23 heavy (non-hydrogen) atoms. The fraction of sp³-hybridized carbons (Fsp3) is 0.176. The molecule has 0 fully saturated rings. The van der Waals surface area contributed by atoms with Gasteiger partial charge >= 0.3 is 0 Å². The molecule has 118 valence electrons. The minimum atomic E-state index is 0.0410. The molecule has 0 unspecified atom stereocenters. The Bertz CT molecular complexity index is 687. The molecule has 6 heteroatoms. The maximum atomic E-state index is 10.2. The summed E-state index contributed by atoms with van der Waals surface area (Å²) < 4.78 is 0. The Hall–Kier alpha value is -2.86. The second kappa shape index (κ2) is 6.93. The van der Waals surface area contributed by atoms with E-state index in [-0.39, 0.29) is 5.88 Å². The molecule has 6 nitrogen and oxygen atoms in total. The van der Waals surface area contributed by atoms with Crippen LogP contribution >= 0.6 is 0 Å². The Morgan fingerprint density at radius 3 is 2.35 bits per heavy atom. The van der Waals surface area contributed by atoms with Gasteiger partial charge in [-0.2, -0.15) is 5.12 Å². The minimum Gasteiger partial charge on any atom is -0.492 e. The predicted molar refractivity (Wildman–Crippen MR) is 89.1 cm³/mol. The first kappa shape index (κ1) is 15.1. The number of aliphatic hydroxyl groups excluding tert-OH is 1. The molecule has 2 aromatic rings. The number of anilines is 1. The predicted octanol–water partition coefficient (Wildman–Crippen LogP) is 3.54. The normalized spacial score (nSPS) is 14.3. The first-order valence-electron chi connectivity index (χ1n) is 7.39. The van der Waals surface area contributed by atoms with E-state index in [4.69, 9.17) is 0 Å². The van der Waals surface area contributed by atoms with Crippen LogP contribution in [0.1, 0.15) is 5.56 Å². The van der Waals surface area contributed by atoms with Crippen LogP contribution in [0.15, 0.2) is 83.1 Å². The van der Waals surface area contributed by atoms with E-state index >= 15 is 0 Å². The van der Waals surface area contributed by atoms with Gasteiger partial charge in [0.2, 0.25) is 5.88 Å². The lowest BCUT2D eigenvalue weighted by atomic mass is 10.2. The molecular formula is C17H19N5O. The SMILES string of the molecule is CN(Cc1ccccc1)CN1N=NC=C(O)N1c1ccccc1. The number of rotatable bonds is 5. The summed E-state index contributed by atoms with van der Waals surface area (Å²) in [7, 11) is 2.00. The van der Waals surface area contributed by atoms with Crippen molar-refractivity contribution in [2.45, 2.75) is 6.54 Å². The second-order valence-corrected chi connectivity index (χ2v) is 5.35. The number of benzene rings is 2. The summed E-state index contributed by atoms with van der Waals surface area (Å²) in [5.41, 5.74) is 2.04. The Morgan fingerprint density at radius 2 is 1.65 bits per heavy atom. The molecule has 2 aromatic carbocycles. The zero-order valence-corrected chi connectivity index (χ0v) is 12.9. The maximum Gasteiger partial charge on any atom is 0.233 e. The van der Waals surface area contributed by atoms with Gasteiger partial charge in [0.15, 0.2) is 0 Å². The number of hydrazine groups is 1. The first-order valence-corrected chi connectivity index (χ1v) is 7.39. The molecule has 3 rings (SSSR count). The number of hydrogen-bond donors (Lipinski definition) is 1. The molecule has 0 aliphatic carbocycles. The van der Waals surface area contributed by atoms with Crippen LogP contribution in [-0.2, 0) is 6.54 Å². The van der Waals surface area contributed by atoms with Gasteiger partial charge in [-0.05, 0) is 30.0 Å². The molecule has 1 aliphatic rings. The van der Waals surface area contributed by atoms with Gasteiger partial charge in [-0.3, -0.25) is 4.90 Å². The van der Waals surface area contributed by atoms with Crippen LogP contribution in [0, 0.1) is 0 Å². The molecule has 0 spiro atoms. The molecule has 0 radical (unpaired) electrons. The smallest absolute Gasteiger partial charge is 0.233 e. The zero-order valence-electron chi connectivity index (χ0n) is 12.9. The van der Waals surface area contributed by atoms with Crippen LogP contribution in [0.25, 0.3) is 0 Å². The third-order valence-corrected chi connectivity index (χ3v) is 3.44. The van der Waals surface area contributed by atoms with Crippen molar-refractivity contribution in [3.05, 3.63) is 78.3 Å². The van der Waals surface area contributed by atoms with Crippen LogP contribution in [-0.4, -0.2) is 28.8 Å². The third-order valence-electron chi connectivity index (χ3n) is 3.44. The summed E-state index contributed by atoms with van der Waals surface area (Å²) in [6.07, 6.45) is 1.33. The fourth-order valence-corrected chi connectivity index (χ4v) is 2.44. The van der Waals surface area contributed by atoms with Crippen molar-refractivity contribution in [1.82, 2.24) is 10.0 Å². The fourth-order valence-electron chi connectivity index (χ4n) is 2.44. The van der Waals surface area contributed by atoms with Crippen molar-refractivity contribution in [1.29, 1.82) is 0 Å². The van der Waals surface area contributed by atoms with E-state index in [2.05, 4.69) is 27.4 Å². The molecule has 0 saturated carbocycles. The van der Waals surface area contributed by atoms with Crippen LogP contribution < -0.4 is 5.01 Å². The molecule has 0 saturated heterocycles. The van der Waals surface area contributed by atoms with Gasteiger partial charge in [-0.25, -0.2) is 5.01 Å². The highest BCUT2D eigenvalue weighted by Gasteiger charge is 2.23. The van der Waals surface area contributed by atoms with Gasteiger partial charge in [0.1, 0.15) is 12.9 Å². The largest absolute Gasteiger partial charge is 0.492 e. The number of nitrogens with zero attached hydrogens (tertiary/aromatic N) is 5. The summed E-state index contributed by atoms with van der Waals surface area (Å²) in [5.74, 6) is 0.0410. The van der Waals surface area contributed by atoms with Gasteiger partial charge < -0.3 is 5.11 Å². The molecule has 0 bridgehead atoms. The minimum absolute atomic E-state index is 0.0410. The highest BCUT2D eigenvalue weighted by atomic mass is 16.3. The van der Waals surface area contributed by atoms with E-state index in [0.29, 0.717) is 6.67 Å². The lowest BCUT2D eigenvalue weighted by Crippen LogP contribution is -2.45. The second-order valence-electron chi connectivity index (χ2n) is 5.35. The molecule has 1 aliphatic heterocycles. The van der Waals surface area contributed by atoms with E-state index in [1.807, 2.05) is 55.6 Å². The van der Waals surface area contributed by atoms with Gasteiger partial charge in [-0.15, -0.1) is 5.11 Å².